The van der Waals surface area contributed by atoms with E-state index in [1.165, 1.54) is 16.3 Å². The smallest absolute Gasteiger partial charge is 0.238 e. The number of hydrogen-bond donors (Lipinski definition) is 1. The summed E-state index contributed by atoms with van der Waals surface area (Å²) in [4.78, 5) is 13.7. The maximum atomic E-state index is 12.6. The Kier molecular flexibility index (Phi) is 5.52. The zero-order valence-electron chi connectivity index (χ0n) is 18.0. The fourth-order valence-electron chi connectivity index (χ4n) is 4.37. The topological polar surface area (TPSA) is 51.3 Å². The van der Waals surface area contributed by atoms with Gasteiger partial charge in [-0.2, -0.15) is 0 Å². The normalized spacial score (nSPS) is 11.3. The van der Waals surface area contributed by atoms with E-state index in [1.807, 2.05) is 16.1 Å². The molecule has 0 aliphatic carbocycles. The number of thiophene rings is 1. The third-order valence-corrected chi connectivity index (χ3v) is 6.75. The van der Waals surface area contributed by atoms with Gasteiger partial charge in [0.25, 0.3) is 0 Å². The molecule has 0 fully saturated rings. The molecule has 5 heteroatoms. The molecule has 0 aliphatic heterocycles. The van der Waals surface area contributed by atoms with Crippen LogP contribution in [-0.2, 0) is 17.8 Å². The monoisotopic (exact) mass is 439 g/mol. The van der Waals surface area contributed by atoms with E-state index in [9.17, 15) is 4.79 Å². The first kappa shape index (κ1) is 20.5. The van der Waals surface area contributed by atoms with Gasteiger partial charge < -0.3 is 5.73 Å². The average molecular weight is 440 g/mol. The predicted octanol–water partition coefficient (Wildman–Crippen LogP) is 5.71. The van der Waals surface area contributed by atoms with Gasteiger partial charge in [0.15, 0.2) is 0 Å². The number of fused-ring (bicyclic) bond motifs is 2. The molecule has 160 valence electrons. The first-order valence-electron chi connectivity index (χ1n) is 10.8. The minimum atomic E-state index is 0.00716. The second-order valence-electron chi connectivity index (χ2n) is 7.95. The average Bonchev–Trinajstić information content (AvgIpc) is 3.45. The number of carbonyl (C=O) groups is 1. The van der Waals surface area contributed by atoms with Crippen molar-refractivity contribution in [2.24, 2.45) is 5.73 Å². The molecule has 4 nitrogen and oxygen atoms in total. The SMILES string of the molecule is CC(=O)N(Cc1cccs1)n1cc(CCN)c2cc(-c3cccc4ccccc34)ccc21. The van der Waals surface area contributed by atoms with E-state index in [0.717, 1.165) is 33.3 Å². The standard InChI is InChI=1S/C27H25N3OS/c1-19(31)29(18-23-8-5-15-32-23)30-17-22(13-14-28)26-16-21(11-12-27(26)30)25-10-4-7-20-6-2-3-9-24(20)25/h2-12,15-17H,13-14,18,28H2,1H3. The van der Waals surface area contributed by atoms with Crippen LogP contribution in [0.3, 0.4) is 0 Å². The summed E-state index contributed by atoms with van der Waals surface area (Å²) in [6.45, 7) is 2.72. The van der Waals surface area contributed by atoms with Crippen LogP contribution in [0.1, 0.15) is 17.4 Å². The molecule has 2 heterocycles. The highest BCUT2D eigenvalue weighted by atomic mass is 32.1. The molecule has 0 bridgehead atoms. The number of aromatic nitrogens is 1. The van der Waals surface area contributed by atoms with Gasteiger partial charge in [-0.25, -0.2) is 5.01 Å². The molecule has 0 unspecified atom stereocenters. The zero-order chi connectivity index (χ0) is 22.1. The molecule has 5 aromatic rings. The van der Waals surface area contributed by atoms with Crippen LogP contribution in [0.4, 0.5) is 0 Å². The summed E-state index contributed by atoms with van der Waals surface area (Å²) in [6, 6.07) is 25.5. The van der Waals surface area contributed by atoms with Crippen molar-refractivity contribution in [3.05, 3.63) is 94.8 Å². The Morgan fingerprint density at radius 2 is 1.84 bits per heavy atom. The van der Waals surface area contributed by atoms with Gasteiger partial charge >= 0.3 is 0 Å². The number of nitrogens with zero attached hydrogens (tertiary/aromatic N) is 2. The van der Waals surface area contributed by atoms with E-state index in [0.29, 0.717) is 13.1 Å². The van der Waals surface area contributed by atoms with Crippen LogP contribution in [0.2, 0.25) is 0 Å². The highest BCUT2D eigenvalue weighted by molar-refractivity contribution is 7.09. The van der Waals surface area contributed by atoms with Crippen molar-refractivity contribution >= 4 is 38.9 Å². The van der Waals surface area contributed by atoms with Crippen molar-refractivity contribution in [2.45, 2.75) is 19.9 Å². The number of amides is 1. The second-order valence-corrected chi connectivity index (χ2v) is 8.98. The van der Waals surface area contributed by atoms with Crippen LogP contribution in [0, 0.1) is 0 Å². The van der Waals surface area contributed by atoms with E-state index in [-0.39, 0.29) is 5.91 Å². The Bertz CT molecular complexity index is 1400. The quantitative estimate of drug-likeness (QED) is 0.368. The van der Waals surface area contributed by atoms with E-state index < -0.39 is 0 Å². The molecule has 5 rings (SSSR count). The molecule has 3 aromatic carbocycles. The van der Waals surface area contributed by atoms with Crippen molar-refractivity contribution in [1.82, 2.24) is 4.68 Å². The Labute approximate surface area is 191 Å². The largest absolute Gasteiger partial charge is 0.330 e. The summed E-state index contributed by atoms with van der Waals surface area (Å²) >= 11 is 1.66. The molecule has 0 spiro atoms. The van der Waals surface area contributed by atoms with Crippen molar-refractivity contribution in [2.75, 3.05) is 11.6 Å². The van der Waals surface area contributed by atoms with Gasteiger partial charge in [0.2, 0.25) is 5.91 Å². The molecule has 0 saturated carbocycles. The van der Waals surface area contributed by atoms with Gasteiger partial charge in [-0.3, -0.25) is 9.47 Å². The van der Waals surface area contributed by atoms with Gasteiger partial charge in [-0.05, 0) is 64.0 Å². The van der Waals surface area contributed by atoms with Crippen molar-refractivity contribution in [1.29, 1.82) is 0 Å². The molecule has 0 saturated heterocycles. The van der Waals surface area contributed by atoms with Crippen molar-refractivity contribution in [3.8, 4) is 11.1 Å². The highest BCUT2D eigenvalue weighted by Crippen LogP contribution is 2.33. The van der Waals surface area contributed by atoms with Crippen molar-refractivity contribution in [3.63, 3.8) is 0 Å². The predicted molar refractivity (Wildman–Crippen MR) is 135 cm³/mol. The van der Waals surface area contributed by atoms with Gasteiger partial charge in [0, 0.05) is 23.4 Å². The Morgan fingerprint density at radius 1 is 1.00 bits per heavy atom. The maximum absolute atomic E-state index is 12.6. The van der Waals surface area contributed by atoms with Gasteiger partial charge in [-0.1, -0.05) is 54.6 Å². The minimum absolute atomic E-state index is 0.00716. The molecule has 2 N–H and O–H groups in total. The number of rotatable bonds is 6. The van der Waals surface area contributed by atoms with Crippen LogP contribution in [-0.4, -0.2) is 17.1 Å². The molecular weight excluding hydrogens is 414 g/mol. The van der Waals surface area contributed by atoms with Crippen LogP contribution >= 0.6 is 11.3 Å². The van der Waals surface area contributed by atoms with Crippen molar-refractivity contribution < 1.29 is 4.79 Å². The lowest BCUT2D eigenvalue weighted by atomic mass is 9.96. The lowest BCUT2D eigenvalue weighted by Gasteiger charge is -2.23. The Balaban J connectivity index is 1.66. The fraction of sp³-hybridized carbons (Fsp3) is 0.148. The number of benzene rings is 3. The lowest BCUT2D eigenvalue weighted by molar-refractivity contribution is -0.118. The molecule has 0 radical (unpaired) electrons. The molecule has 32 heavy (non-hydrogen) atoms. The van der Waals surface area contributed by atoms with E-state index >= 15 is 0 Å². The van der Waals surface area contributed by atoms with Gasteiger partial charge in [0.1, 0.15) is 0 Å². The number of nitrogens with two attached hydrogens (primary N) is 1. The summed E-state index contributed by atoms with van der Waals surface area (Å²) in [5, 5.41) is 7.43. The van der Waals surface area contributed by atoms with Crippen LogP contribution in [0.5, 0.6) is 0 Å². The van der Waals surface area contributed by atoms with Gasteiger partial charge in [-0.15, -0.1) is 11.3 Å². The zero-order valence-corrected chi connectivity index (χ0v) is 18.8. The summed E-state index contributed by atoms with van der Waals surface area (Å²) in [5.41, 5.74) is 10.5. The number of hydrogen-bond acceptors (Lipinski definition) is 3. The number of carbonyl (C=O) groups excluding carboxylic acids is 1. The summed E-state index contributed by atoms with van der Waals surface area (Å²) in [5.74, 6) is 0.00716. The molecular formula is C27H25N3OS. The molecule has 1 amide bonds. The van der Waals surface area contributed by atoms with E-state index in [4.69, 9.17) is 5.73 Å². The Hall–Kier alpha value is -3.41. The van der Waals surface area contributed by atoms with Crippen LogP contribution < -0.4 is 10.7 Å². The minimum Gasteiger partial charge on any atom is -0.330 e. The van der Waals surface area contributed by atoms with Crippen LogP contribution in [0.25, 0.3) is 32.8 Å². The Morgan fingerprint density at radius 3 is 2.62 bits per heavy atom. The third kappa shape index (κ3) is 3.70. The highest BCUT2D eigenvalue weighted by Gasteiger charge is 2.18. The van der Waals surface area contributed by atoms with E-state index in [1.54, 1.807) is 23.3 Å². The first-order valence-corrected chi connectivity index (χ1v) is 11.7. The van der Waals surface area contributed by atoms with Crippen LogP contribution in [0.15, 0.2) is 84.4 Å². The second kappa shape index (κ2) is 8.61. The first-order chi connectivity index (χ1) is 15.7. The third-order valence-electron chi connectivity index (χ3n) is 5.89. The fourth-order valence-corrected chi connectivity index (χ4v) is 5.05. The molecule has 2 aromatic heterocycles. The molecule has 0 atom stereocenters. The lowest BCUT2D eigenvalue weighted by Crippen LogP contribution is -2.37. The van der Waals surface area contributed by atoms with E-state index in [2.05, 4.69) is 72.9 Å². The summed E-state index contributed by atoms with van der Waals surface area (Å²) in [6.07, 6.45) is 2.83. The maximum Gasteiger partial charge on any atom is 0.238 e. The summed E-state index contributed by atoms with van der Waals surface area (Å²) < 4.78 is 2.00. The molecule has 0 aliphatic rings. The summed E-state index contributed by atoms with van der Waals surface area (Å²) in [7, 11) is 0. The van der Waals surface area contributed by atoms with Gasteiger partial charge in [0.05, 0.1) is 12.1 Å².